The van der Waals surface area contributed by atoms with Gasteiger partial charge in [-0.1, -0.05) is 23.8 Å². The number of amides is 1. The van der Waals surface area contributed by atoms with E-state index in [0.717, 1.165) is 11.8 Å². The molecule has 1 aromatic carbocycles. The first kappa shape index (κ1) is 27.4. The summed E-state index contributed by atoms with van der Waals surface area (Å²) in [6.07, 6.45) is -0.267. The topological polar surface area (TPSA) is 141 Å². The number of benzene rings is 1. The van der Waals surface area contributed by atoms with Crippen molar-refractivity contribution in [1.29, 1.82) is 0 Å². The third-order valence-electron chi connectivity index (χ3n) is 6.63. The summed E-state index contributed by atoms with van der Waals surface area (Å²) in [6.45, 7) is 7.70. The van der Waals surface area contributed by atoms with E-state index in [1.54, 1.807) is 20.8 Å². The van der Waals surface area contributed by atoms with Crippen LogP contribution in [0.3, 0.4) is 0 Å². The molecule has 2 aromatic heterocycles. The fourth-order valence-electron chi connectivity index (χ4n) is 4.19. The van der Waals surface area contributed by atoms with E-state index in [1.807, 2.05) is 0 Å². The number of nitrogens with zero attached hydrogens (tertiary/aromatic N) is 5. The maximum atomic E-state index is 15.4. The molecule has 1 amide bonds. The highest BCUT2D eigenvalue weighted by Crippen LogP contribution is 2.53. The number of nitrogens with one attached hydrogen (secondary N) is 1. The standard InChI is InChI=1S/C24H26F3N7O3S/c1-11-6-14(7-15(19(11)25)23(4)12(2)24(5,21(26)27)38-22(28)33-23)32-20(35)16-8-30-17(9-29-16)36-10-18-31-13(3)34-37-18/h6-9,12,21H,10H2,1-5H3,(H2,28,33)(H,32,35)/t12-,23-,24-/m0/s1. The quantitative estimate of drug-likeness (QED) is 0.439. The number of rotatable bonds is 7. The number of alkyl halides is 2. The Labute approximate surface area is 220 Å². The van der Waals surface area contributed by atoms with Gasteiger partial charge in [0.05, 0.1) is 22.7 Å². The van der Waals surface area contributed by atoms with Crippen LogP contribution in [0.5, 0.6) is 5.88 Å². The molecule has 0 radical (unpaired) electrons. The summed E-state index contributed by atoms with van der Waals surface area (Å²) in [7, 11) is 0. The zero-order valence-electron chi connectivity index (χ0n) is 21.3. The van der Waals surface area contributed by atoms with Crippen molar-refractivity contribution in [2.24, 2.45) is 16.6 Å². The number of aliphatic imine (C=N–C) groups is 1. The lowest BCUT2D eigenvalue weighted by molar-refractivity contribution is 0.0572. The summed E-state index contributed by atoms with van der Waals surface area (Å²) in [4.78, 5) is 29.4. The van der Waals surface area contributed by atoms with Crippen molar-refractivity contribution < 1.29 is 27.2 Å². The van der Waals surface area contributed by atoms with Gasteiger partial charge in [-0.05, 0) is 45.4 Å². The lowest BCUT2D eigenvalue weighted by Crippen LogP contribution is -2.52. The third-order valence-corrected chi connectivity index (χ3v) is 7.91. The number of anilines is 1. The number of carbonyl (C=O) groups excluding carboxylic acids is 1. The summed E-state index contributed by atoms with van der Waals surface area (Å²) in [5.74, 6) is -1.19. The van der Waals surface area contributed by atoms with E-state index < -0.39 is 34.4 Å². The Morgan fingerprint density at radius 1 is 1.26 bits per heavy atom. The Kier molecular flexibility index (Phi) is 7.37. The van der Waals surface area contributed by atoms with Gasteiger partial charge < -0.3 is 20.3 Å². The Morgan fingerprint density at radius 3 is 2.61 bits per heavy atom. The first-order valence-electron chi connectivity index (χ1n) is 11.5. The van der Waals surface area contributed by atoms with Gasteiger partial charge in [0.1, 0.15) is 11.5 Å². The van der Waals surface area contributed by atoms with Crippen LogP contribution in [-0.2, 0) is 12.1 Å². The van der Waals surface area contributed by atoms with Gasteiger partial charge in [-0.15, -0.1) is 0 Å². The summed E-state index contributed by atoms with van der Waals surface area (Å²) in [6, 6.07) is 2.81. The number of hydrogen-bond acceptors (Lipinski definition) is 10. The number of amidine groups is 1. The smallest absolute Gasteiger partial charge is 0.275 e. The summed E-state index contributed by atoms with van der Waals surface area (Å²) in [5.41, 5.74) is 4.96. The van der Waals surface area contributed by atoms with Crippen molar-refractivity contribution in [3.05, 3.63) is 58.9 Å². The number of halogens is 3. The number of nitrogens with two attached hydrogens (primary N) is 1. The minimum atomic E-state index is -2.73. The molecule has 0 bridgehead atoms. The first-order chi connectivity index (χ1) is 17.8. The molecule has 1 aliphatic rings. The molecule has 0 unspecified atom stereocenters. The van der Waals surface area contributed by atoms with Gasteiger partial charge in [0.15, 0.2) is 17.6 Å². The molecule has 3 atom stereocenters. The molecule has 0 spiro atoms. The van der Waals surface area contributed by atoms with Crippen molar-refractivity contribution in [3.63, 3.8) is 0 Å². The van der Waals surface area contributed by atoms with Gasteiger partial charge in [0, 0.05) is 17.2 Å². The average Bonchev–Trinajstić information content (AvgIpc) is 3.28. The molecular formula is C24H26F3N7O3S. The molecule has 38 heavy (non-hydrogen) atoms. The van der Waals surface area contributed by atoms with Crippen molar-refractivity contribution in [2.75, 3.05) is 5.32 Å². The van der Waals surface area contributed by atoms with Crippen LogP contribution in [0.2, 0.25) is 0 Å². The SMILES string of the molecule is Cc1noc(COc2cnc(C(=O)Nc3cc(C)c(F)c([C@@]4(C)N=C(N)S[C@](C)(C(F)F)[C@H]4C)c3)cn2)n1. The molecule has 1 aliphatic heterocycles. The number of thioether (sulfide) groups is 1. The zero-order chi connectivity index (χ0) is 27.8. The van der Waals surface area contributed by atoms with E-state index in [0.29, 0.717) is 5.82 Å². The number of carbonyl (C=O) groups is 1. The number of aryl methyl sites for hydroxylation is 2. The molecule has 10 nitrogen and oxygen atoms in total. The first-order valence-corrected chi connectivity index (χ1v) is 12.3. The fourth-order valence-corrected chi connectivity index (χ4v) is 5.38. The van der Waals surface area contributed by atoms with Crippen molar-refractivity contribution in [1.82, 2.24) is 20.1 Å². The van der Waals surface area contributed by atoms with Gasteiger partial charge in [0.25, 0.3) is 18.2 Å². The van der Waals surface area contributed by atoms with Crippen LogP contribution in [0.15, 0.2) is 34.0 Å². The predicted molar refractivity (Wildman–Crippen MR) is 135 cm³/mol. The second-order valence-electron chi connectivity index (χ2n) is 9.28. The molecule has 0 saturated carbocycles. The number of hydrogen-bond donors (Lipinski definition) is 2. The van der Waals surface area contributed by atoms with Gasteiger partial charge in [-0.2, -0.15) is 4.98 Å². The summed E-state index contributed by atoms with van der Waals surface area (Å²) in [5, 5.41) is 6.25. The van der Waals surface area contributed by atoms with Crippen molar-refractivity contribution in [3.8, 4) is 5.88 Å². The van der Waals surface area contributed by atoms with E-state index in [2.05, 4.69) is 30.4 Å². The van der Waals surface area contributed by atoms with E-state index >= 15 is 4.39 Å². The van der Waals surface area contributed by atoms with Crippen LogP contribution >= 0.6 is 11.8 Å². The van der Waals surface area contributed by atoms with E-state index in [-0.39, 0.29) is 46.1 Å². The molecule has 0 saturated heterocycles. The van der Waals surface area contributed by atoms with Crippen molar-refractivity contribution >= 4 is 28.5 Å². The molecule has 14 heteroatoms. The molecule has 3 heterocycles. The zero-order valence-corrected chi connectivity index (χ0v) is 22.1. The average molecular weight is 550 g/mol. The van der Waals surface area contributed by atoms with E-state index in [4.69, 9.17) is 15.0 Å². The lowest BCUT2D eigenvalue weighted by atomic mass is 9.73. The maximum Gasteiger partial charge on any atom is 0.275 e. The molecule has 0 fully saturated rings. The van der Waals surface area contributed by atoms with Crippen LogP contribution in [0.25, 0.3) is 0 Å². The van der Waals surface area contributed by atoms with E-state index in [9.17, 15) is 13.6 Å². The van der Waals surface area contributed by atoms with Gasteiger partial charge >= 0.3 is 0 Å². The summed E-state index contributed by atoms with van der Waals surface area (Å²) >= 11 is 0.777. The van der Waals surface area contributed by atoms with Crippen LogP contribution in [0.4, 0.5) is 18.9 Å². The largest absolute Gasteiger partial charge is 0.466 e. The van der Waals surface area contributed by atoms with Gasteiger partial charge in [-0.25, -0.2) is 23.1 Å². The molecule has 202 valence electrons. The van der Waals surface area contributed by atoms with Crippen LogP contribution in [0, 0.1) is 25.6 Å². The second-order valence-corrected chi connectivity index (χ2v) is 10.8. The van der Waals surface area contributed by atoms with Gasteiger partial charge in [0.2, 0.25) is 5.88 Å². The Hall–Kier alpha value is -3.68. The Morgan fingerprint density at radius 2 is 2.00 bits per heavy atom. The van der Waals surface area contributed by atoms with E-state index in [1.165, 1.54) is 38.4 Å². The number of aromatic nitrogens is 4. The second kappa shape index (κ2) is 10.2. The van der Waals surface area contributed by atoms with Crippen molar-refractivity contribution in [2.45, 2.75) is 57.9 Å². The lowest BCUT2D eigenvalue weighted by Gasteiger charge is -2.47. The highest BCUT2D eigenvalue weighted by Gasteiger charge is 2.54. The highest BCUT2D eigenvalue weighted by molar-refractivity contribution is 8.15. The molecule has 3 N–H and O–H groups in total. The third kappa shape index (κ3) is 5.17. The van der Waals surface area contributed by atoms with Crippen LogP contribution in [0.1, 0.15) is 54.1 Å². The summed E-state index contributed by atoms with van der Waals surface area (Å²) < 4.78 is 52.3. The number of ether oxygens (including phenoxy) is 1. The molecule has 4 rings (SSSR count). The minimum absolute atomic E-state index is 0.0218. The predicted octanol–water partition coefficient (Wildman–Crippen LogP) is 4.38. The normalized spacial score (nSPS) is 23.3. The maximum absolute atomic E-state index is 15.4. The van der Waals surface area contributed by atoms with Crippen LogP contribution in [-0.4, -0.2) is 42.4 Å². The van der Waals surface area contributed by atoms with Gasteiger partial charge in [-0.3, -0.25) is 9.79 Å². The Balaban J connectivity index is 1.56. The molecule has 3 aromatic rings. The minimum Gasteiger partial charge on any atom is -0.466 e. The monoisotopic (exact) mass is 549 g/mol. The highest BCUT2D eigenvalue weighted by atomic mass is 32.2. The fraction of sp³-hybridized carbons (Fsp3) is 0.417. The van der Waals surface area contributed by atoms with Crippen LogP contribution < -0.4 is 15.8 Å². The Bertz CT molecular complexity index is 1390. The molecular weight excluding hydrogens is 523 g/mol. The molecule has 0 aliphatic carbocycles.